The SMILES string of the molecule is CCOC(=O)[C@@H]1CCCN(C(=O)Cc2ccc(N(Cc3ccccc3)C(=O)c3cccc(OC)c3)cc2)C1. The number of likely N-dealkylation sites (tertiary alicyclic amines) is 1. The second-order valence-electron chi connectivity index (χ2n) is 9.38. The van der Waals surface area contributed by atoms with Crippen LogP contribution in [-0.4, -0.2) is 49.5 Å². The van der Waals surface area contributed by atoms with Gasteiger partial charge in [-0.15, -0.1) is 0 Å². The maximum Gasteiger partial charge on any atom is 0.310 e. The van der Waals surface area contributed by atoms with Crippen LogP contribution in [0.3, 0.4) is 0 Å². The molecule has 1 atom stereocenters. The summed E-state index contributed by atoms with van der Waals surface area (Å²) in [4.78, 5) is 42.2. The molecule has 2 amide bonds. The Balaban J connectivity index is 1.49. The third kappa shape index (κ3) is 6.79. The van der Waals surface area contributed by atoms with Crippen LogP contribution in [0.5, 0.6) is 5.75 Å². The minimum absolute atomic E-state index is 0.0136. The first-order valence-corrected chi connectivity index (χ1v) is 13.0. The van der Waals surface area contributed by atoms with E-state index in [0.29, 0.717) is 37.6 Å². The number of benzene rings is 3. The van der Waals surface area contributed by atoms with E-state index in [1.165, 1.54) is 0 Å². The van der Waals surface area contributed by atoms with Crippen molar-refractivity contribution in [3.8, 4) is 5.75 Å². The Kier molecular flexibility index (Phi) is 9.14. The van der Waals surface area contributed by atoms with E-state index in [9.17, 15) is 14.4 Å². The lowest BCUT2D eigenvalue weighted by molar-refractivity contribution is -0.151. The van der Waals surface area contributed by atoms with E-state index in [1.54, 1.807) is 48.1 Å². The molecule has 0 radical (unpaired) electrons. The zero-order chi connectivity index (χ0) is 26.9. The van der Waals surface area contributed by atoms with Crippen LogP contribution in [-0.2, 0) is 27.3 Å². The monoisotopic (exact) mass is 514 g/mol. The molecule has 0 spiro atoms. The van der Waals surface area contributed by atoms with Crippen LogP contribution in [0.25, 0.3) is 0 Å². The van der Waals surface area contributed by atoms with Crippen LogP contribution < -0.4 is 9.64 Å². The van der Waals surface area contributed by atoms with Crippen molar-refractivity contribution in [3.05, 3.63) is 95.6 Å². The van der Waals surface area contributed by atoms with Crippen LogP contribution in [0.15, 0.2) is 78.9 Å². The van der Waals surface area contributed by atoms with Gasteiger partial charge in [-0.25, -0.2) is 0 Å². The molecule has 1 fully saturated rings. The Hall–Kier alpha value is -4.13. The molecule has 3 aromatic carbocycles. The summed E-state index contributed by atoms with van der Waals surface area (Å²) in [5.74, 6) is -0.0275. The van der Waals surface area contributed by atoms with Crippen molar-refractivity contribution in [1.29, 1.82) is 0 Å². The Morgan fingerprint density at radius 2 is 1.71 bits per heavy atom. The zero-order valence-electron chi connectivity index (χ0n) is 22.0. The lowest BCUT2D eigenvalue weighted by Gasteiger charge is -2.31. The Bertz CT molecular complexity index is 1240. The van der Waals surface area contributed by atoms with Gasteiger partial charge in [-0.05, 0) is 61.2 Å². The number of carbonyl (C=O) groups excluding carboxylic acids is 3. The largest absolute Gasteiger partial charge is 0.497 e. The molecule has 7 heteroatoms. The smallest absolute Gasteiger partial charge is 0.310 e. The summed E-state index contributed by atoms with van der Waals surface area (Å²) in [6.07, 6.45) is 1.77. The van der Waals surface area contributed by atoms with E-state index >= 15 is 0 Å². The molecule has 1 aliphatic heterocycles. The van der Waals surface area contributed by atoms with Gasteiger partial charge in [0.05, 0.1) is 32.6 Å². The molecule has 0 aliphatic carbocycles. The van der Waals surface area contributed by atoms with Gasteiger partial charge < -0.3 is 19.3 Å². The molecule has 0 N–H and O–H groups in total. The van der Waals surface area contributed by atoms with Crippen molar-refractivity contribution in [2.75, 3.05) is 31.7 Å². The van der Waals surface area contributed by atoms with Gasteiger partial charge in [0, 0.05) is 24.3 Å². The maximum atomic E-state index is 13.6. The summed E-state index contributed by atoms with van der Waals surface area (Å²) in [6, 6.07) is 24.5. The normalized spacial score (nSPS) is 15.0. The molecule has 0 bridgehead atoms. The number of piperidine rings is 1. The molecular weight excluding hydrogens is 480 g/mol. The number of rotatable bonds is 9. The summed E-state index contributed by atoms with van der Waals surface area (Å²) < 4.78 is 10.5. The first kappa shape index (κ1) is 26.9. The van der Waals surface area contributed by atoms with E-state index in [1.807, 2.05) is 54.6 Å². The van der Waals surface area contributed by atoms with Gasteiger partial charge in [0.2, 0.25) is 5.91 Å². The van der Waals surface area contributed by atoms with E-state index in [0.717, 1.165) is 29.7 Å². The molecule has 1 heterocycles. The summed E-state index contributed by atoms with van der Waals surface area (Å²) >= 11 is 0. The second-order valence-corrected chi connectivity index (χ2v) is 9.38. The third-order valence-electron chi connectivity index (χ3n) is 6.74. The molecule has 0 saturated carbocycles. The standard InChI is InChI=1S/C31H34N2O5/c1-3-38-31(36)26-12-8-18-32(22-26)29(34)19-23-14-16-27(17-15-23)33(21-24-9-5-4-6-10-24)30(35)25-11-7-13-28(20-25)37-2/h4-7,9-11,13-17,20,26H,3,8,12,18-19,21-22H2,1-2H3/t26-/m1/s1. The van der Waals surface area contributed by atoms with Crippen molar-refractivity contribution >= 4 is 23.5 Å². The fraction of sp³-hybridized carbons (Fsp3) is 0.323. The van der Waals surface area contributed by atoms with Gasteiger partial charge in [0.25, 0.3) is 5.91 Å². The zero-order valence-corrected chi connectivity index (χ0v) is 22.0. The predicted octanol–water partition coefficient (Wildman–Crippen LogP) is 4.89. The molecule has 0 aromatic heterocycles. The minimum atomic E-state index is -0.260. The first-order valence-electron chi connectivity index (χ1n) is 13.0. The fourth-order valence-electron chi connectivity index (χ4n) is 4.69. The molecule has 4 rings (SSSR count). The minimum Gasteiger partial charge on any atom is -0.497 e. The predicted molar refractivity (Wildman–Crippen MR) is 146 cm³/mol. The van der Waals surface area contributed by atoms with Gasteiger partial charge in [0.15, 0.2) is 0 Å². The summed E-state index contributed by atoms with van der Waals surface area (Å²) in [7, 11) is 1.58. The van der Waals surface area contributed by atoms with Gasteiger partial charge in [0.1, 0.15) is 5.75 Å². The number of methoxy groups -OCH3 is 1. The highest BCUT2D eigenvalue weighted by atomic mass is 16.5. The number of esters is 1. The van der Waals surface area contributed by atoms with E-state index in [-0.39, 0.29) is 30.1 Å². The van der Waals surface area contributed by atoms with Gasteiger partial charge in [-0.3, -0.25) is 14.4 Å². The van der Waals surface area contributed by atoms with Crippen LogP contribution in [0.4, 0.5) is 5.69 Å². The van der Waals surface area contributed by atoms with Crippen molar-refractivity contribution in [1.82, 2.24) is 4.90 Å². The molecule has 38 heavy (non-hydrogen) atoms. The number of carbonyl (C=O) groups is 3. The van der Waals surface area contributed by atoms with Crippen LogP contribution >= 0.6 is 0 Å². The number of hydrogen-bond acceptors (Lipinski definition) is 5. The summed E-state index contributed by atoms with van der Waals surface area (Å²) in [6.45, 7) is 3.58. The van der Waals surface area contributed by atoms with E-state index in [4.69, 9.17) is 9.47 Å². The van der Waals surface area contributed by atoms with Crippen molar-refractivity contribution in [2.45, 2.75) is 32.7 Å². The average molecular weight is 515 g/mol. The van der Waals surface area contributed by atoms with Crippen molar-refractivity contribution in [2.24, 2.45) is 5.92 Å². The summed E-state index contributed by atoms with van der Waals surface area (Å²) in [5, 5.41) is 0. The lowest BCUT2D eigenvalue weighted by atomic mass is 9.97. The van der Waals surface area contributed by atoms with Gasteiger partial charge in [-0.2, -0.15) is 0 Å². The fourth-order valence-corrected chi connectivity index (χ4v) is 4.69. The van der Waals surface area contributed by atoms with Gasteiger partial charge >= 0.3 is 5.97 Å². The topological polar surface area (TPSA) is 76.2 Å². The molecule has 1 aliphatic rings. The van der Waals surface area contributed by atoms with E-state index < -0.39 is 0 Å². The van der Waals surface area contributed by atoms with Crippen molar-refractivity contribution < 1.29 is 23.9 Å². The van der Waals surface area contributed by atoms with Crippen LogP contribution in [0, 0.1) is 5.92 Å². The molecule has 7 nitrogen and oxygen atoms in total. The highest BCUT2D eigenvalue weighted by Gasteiger charge is 2.29. The number of ether oxygens (including phenoxy) is 2. The lowest BCUT2D eigenvalue weighted by Crippen LogP contribution is -2.43. The van der Waals surface area contributed by atoms with Gasteiger partial charge in [-0.1, -0.05) is 48.5 Å². The first-order chi connectivity index (χ1) is 18.5. The average Bonchev–Trinajstić information content (AvgIpc) is 2.97. The molecular formula is C31H34N2O5. The Morgan fingerprint density at radius 3 is 2.42 bits per heavy atom. The number of amides is 2. The highest BCUT2D eigenvalue weighted by Crippen LogP contribution is 2.24. The second kappa shape index (κ2) is 12.9. The Morgan fingerprint density at radius 1 is 0.947 bits per heavy atom. The Labute approximate surface area is 224 Å². The van der Waals surface area contributed by atoms with Crippen LogP contribution in [0.1, 0.15) is 41.3 Å². The number of nitrogens with zero attached hydrogens (tertiary/aromatic N) is 2. The van der Waals surface area contributed by atoms with Crippen LogP contribution in [0.2, 0.25) is 0 Å². The highest BCUT2D eigenvalue weighted by molar-refractivity contribution is 6.06. The number of anilines is 1. The maximum absolute atomic E-state index is 13.6. The van der Waals surface area contributed by atoms with E-state index in [2.05, 4.69) is 0 Å². The molecule has 198 valence electrons. The number of hydrogen-bond donors (Lipinski definition) is 0. The molecule has 3 aromatic rings. The molecule has 0 unspecified atom stereocenters. The molecule has 1 saturated heterocycles. The quantitative estimate of drug-likeness (QED) is 0.380. The summed E-state index contributed by atoms with van der Waals surface area (Å²) in [5.41, 5.74) is 3.12. The van der Waals surface area contributed by atoms with Crippen molar-refractivity contribution in [3.63, 3.8) is 0 Å². The third-order valence-corrected chi connectivity index (χ3v) is 6.74.